The van der Waals surface area contributed by atoms with E-state index in [1.807, 2.05) is 25.9 Å². The number of hydrogen-bond donors (Lipinski definition) is 0. The van der Waals surface area contributed by atoms with Crippen LogP contribution in [0.5, 0.6) is 0 Å². The Hall–Kier alpha value is -0.570. The Morgan fingerprint density at radius 3 is 2.10 bits per heavy atom. The molecular weight excluding hydrogens is 250 g/mol. The topological polar surface area (TPSA) is 29.5 Å². The molecule has 0 spiro atoms. The maximum atomic E-state index is 12.0. The highest BCUT2D eigenvalue weighted by molar-refractivity contribution is 5.75. The van der Waals surface area contributed by atoms with Gasteiger partial charge >= 0.3 is 5.97 Å². The fraction of sp³-hybridized carbons (Fsp3) is 0.941. The van der Waals surface area contributed by atoms with Crippen LogP contribution in [0.25, 0.3) is 0 Å². The van der Waals surface area contributed by atoms with Crippen LogP contribution in [-0.2, 0) is 9.53 Å². The molecule has 3 heteroatoms. The second-order valence-corrected chi connectivity index (χ2v) is 6.04. The van der Waals surface area contributed by atoms with E-state index < -0.39 is 0 Å². The molecule has 0 fully saturated rings. The van der Waals surface area contributed by atoms with Gasteiger partial charge in [-0.1, -0.05) is 52.4 Å². The molecule has 20 heavy (non-hydrogen) atoms. The Kier molecular flexibility index (Phi) is 11.8. The number of rotatable bonds is 12. The number of likely N-dealkylation sites (N-methyl/N-ethyl adjacent to an activating group) is 1. The lowest BCUT2D eigenvalue weighted by atomic mass is 10.0. The fourth-order valence-corrected chi connectivity index (χ4v) is 2.21. The molecular formula is C17H35NO2. The first-order valence-corrected chi connectivity index (χ1v) is 8.39. The van der Waals surface area contributed by atoms with Gasteiger partial charge in [-0.3, -0.25) is 9.69 Å². The molecule has 120 valence electrons. The van der Waals surface area contributed by atoms with Crippen LogP contribution in [0.1, 0.15) is 78.6 Å². The van der Waals surface area contributed by atoms with Crippen molar-refractivity contribution in [2.24, 2.45) is 0 Å². The molecule has 2 atom stereocenters. The van der Waals surface area contributed by atoms with Gasteiger partial charge in [-0.25, -0.2) is 0 Å². The van der Waals surface area contributed by atoms with Gasteiger partial charge < -0.3 is 4.74 Å². The Labute approximate surface area is 126 Å². The number of hydrogen-bond acceptors (Lipinski definition) is 3. The van der Waals surface area contributed by atoms with E-state index in [1.165, 1.54) is 38.5 Å². The molecule has 0 saturated heterocycles. The van der Waals surface area contributed by atoms with Crippen molar-refractivity contribution < 1.29 is 9.53 Å². The third kappa shape index (κ3) is 9.35. The van der Waals surface area contributed by atoms with E-state index in [4.69, 9.17) is 4.74 Å². The maximum Gasteiger partial charge on any atom is 0.323 e. The van der Waals surface area contributed by atoms with Crippen molar-refractivity contribution in [3.63, 3.8) is 0 Å². The Bertz CT molecular complexity index is 241. The molecule has 0 aliphatic carbocycles. The summed E-state index contributed by atoms with van der Waals surface area (Å²) in [6.07, 6.45) is 10.9. The van der Waals surface area contributed by atoms with E-state index in [-0.39, 0.29) is 18.1 Å². The van der Waals surface area contributed by atoms with Gasteiger partial charge in [0.25, 0.3) is 0 Å². The second-order valence-electron chi connectivity index (χ2n) is 6.04. The lowest BCUT2D eigenvalue weighted by molar-refractivity contribution is -0.154. The summed E-state index contributed by atoms with van der Waals surface area (Å²) in [4.78, 5) is 13.9. The van der Waals surface area contributed by atoms with Crippen LogP contribution in [-0.4, -0.2) is 37.1 Å². The number of carbonyl (C=O) groups excluding carboxylic acids is 1. The number of ether oxygens (including phenoxy) is 1. The standard InChI is InChI=1S/C17H35NO2/c1-6-8-9-10-11-12-14-16(13-7-2)20-17(19)15(3)18(4)5/h15-16H,6-14H2,1-5H3. The third-order valence-corrected chi connectivity index (χ3v) is 3.89. The minimum atomic E-state index is -0.154. The highest BCUT2D eigenvalue weighted by atomic mass is 16.5. The summed E-state index contributed by atoms with van der Waals surface area (Å²) in [5.41, 5.74) is 0. The van der Waals surface area contributed by atoms with Crippen LogP contribution >= 0.6 is 0 Å². The predicted octanol–water partition coefficient (Wildman–Crippen LogP) is 4.40. The maximum absolute atomic E-state index is 12.0. The van der Waals surface area contributed by atoms with Crippen LogP contribution in [0.2, 0.25) is 0 Å². The number of carbonyl (C=O) groups is 1. The molecule has 0 amide bonds. The zero-order valence-electron chi connectivity index (χ0n) is 14.3. The average molecular weight is 285 g/mol. The lowest BCUT2D eigenvalue weighted by Gasteiger charge is -2.23. The van der Waals surface area contributed by atoms with Gasteiger partial charge in [0.15, 0.2) is 0 Å². The van der Waals surface area contributed by atoms with Crippen LogP contribution in [0.15, 0.2) is 0 Å². The normalized spacial score (nSPS) is 14.3. The molecule has 0 aromatic rings. The van der Waals surface area contributed by atoms with E-state index in [1.54, 1.807) is 0 Å². The summed E-state index contributed by atoms with van der Waals surface area (Å²) >= 11 is 0. The summed E-state index contributed by atoms with van der Waals surface area (Å²) < 4.78 is 5.66. The Balaban J connectivity index is 3.94. The molecule has 0 aromatic heterocycles. The summed E-state index contributed by atoms with van der Waals surface area (Å²) in [5, 5.41) is 0. The largest absolute Gasteiger partial charge is 0.461 e. The van der Waals surface area contributed by atoms with Crippen molar-refractivity contribution in [3.8, 4) is 0 Å². The minimum Gasteiger partial charge on any atom is -0.461 e. The van der Waals surface area contributed by atoms with Crippen LogP contribution in [0.4, 0.5) is 0 Å². The second kappa shape index (κ2) is 12.2. The SMILES string of the molecule is CCCCCCCCC(CCC)OC(=O)C(C)N(C)C. The Morgan fingerprint density at radius 2 is 1.55 bits per heavy atom. The molecule has 0 aliphatic rings. The van der Waals surface area contributed by atoms with Crippen molar-refractivity contribution in [1.82, 2.24) is 4.90 Å². The zero-order chi connectivity index (χ0) is 15.4. The first-order valence-electron chi connectivity index (χ1n) is 8.39. The van der Waals surface area contributed by atoms with Gasteiger partial charge in [-0.15, -0.1) is 0 Å². The van der Waals surface area contributed by atoms with Crippen molar-refractivity contribution in [3.05, 3.63) is 0 Å². The monoisotopic (exact) mass is 285 g/mol. The van der Waals surface area contributed by atoms with E-state index in [0.717, 1.165) is 19.3 Å². The summed E-state index contributed by atoms with van der Waals surface area (Å²) in [7, 11) is 3.82. The smallest absolute Gasteiger partial charge is 0.323 e. The van der Waals surface area contributed by atoms with Crippen molar-refractivity contribution >= 4 is 5.97 Å². The lowest BCUT2D eigenvalue weighted by Crippen LogP contribution is -2.36. The number of unbranched alkanes of at least 4 members (excludes halogenated alkanes) is 5. The first kappa shape index (κ1) is 19.4. The molecule has 0 radical (unpaired) electrons. The molecule has 0 heterocycles. The van der Waals surface area contributed by atoms with Crippen LogP contribution in [0.3, 0.4) is 0 Å². The third-order valence-electron chi connectivity index (χ3n) is 3.89. The highest BCUT2D eigenvalue weighted by Gasteiger charge is 2.20. The molecule has 2 unspecified atom stereocenters. The zero-order valence-corrected chi connectivity index (χ0v) is 14.3. The number of esters is 1. The van der Waals surface area contributed by atoms with Gasteiger partial charge in [0, 0.05) is 0 Å². The van der Waals surface area contributed by atoms with Crippen LogP contribution < -0.4 is 0 Å². The molecule has 0 saturated carbocycles. The van der Waals surface area contributed by atoms with Crippen molar-refractivity contribution in [2.45, 2.75) is 90.7 Å². The van der Waals surface area contributed by atoms with Crippen molar-refractivity contribution in [1.29, 1.82) is 0 Å². The van der Waals surface area contributed by atoms with Crippen molar-refractivity contribution in [2.75, 3.05) is 14.1 Å². The average Bonchev–Trinajstić information content (AvgIpc) is 2.41. The molecule has 0 N–H and O–H groups in total. The van der Waals surface area contributed by atoms with Gasteiger partial charge in [0.2, 0.25) is 0 Å². The summed E-state index contributed by atoms with van der Waals surface area (Å²) in [6, 6.07) is -0.154. The first-order chi connectivity index (χ1) is 9.52. The molecule has 0 bridgehead atoms. The molecule has 0 aromatic carbocycles. The van der Waals surface area contributed by atoms with Gasteiger partial charge in [-0.05, 0) is 40.3 Å². The summed E-state index contributed by atoms with van der Waals surface area (Å²) in [6.45, 7) is 6.29. The minimum absolute atomic E-state index is 0.0839. The molecule has 0 aliphatic heterocycles. The molecule has 3 nitrogen and oxygen atoms in total. The predicted molar refractivity (Wildman–Crippen MR) is 85.9 cm³/mol. The van der Waals surface area contributed by atoms with E-state index in [0.29, 0.717) is 0 Å². The van der Waals surface area contributed by atoms with E-state index >= 15 is 0 Å². The Morgan fingerprint density at radius 1 is 0.950 bits per heavy atom. The van der Waals surface area contributed by atoms with E-state index in [9.17, 15) is 4.79 Å². The van der Waals surface area contributed by atoms with Gasteiger partial charge in [0.1, 0.15) is 12.1 Å². The van der Waals surface area contributed by atoms with Gasteiger partial charge in [-0.2, -0.15) is 0 Å². The summed E-state index contributed by atoms with van der Waals surface area (Å²) in [5.74, 6) is -0.0839. The quantitative estimate of drug-likeness (QED) is 0.393. The fourth-order valence-electron chi connectivity index (χ4n) is 2.21. The van der Waals surface area contributed by atoms with Gasteiger partial charge in [0.05, 0.1) is 0 Å². The highest BCUT2D eigenvalue weighted by Crippen LogP contribution is 2.15. The van der Waals surface area contributed by atoms with E-state index in [2.05, 4.69) is 13.8 Å². The number of nitrogens with zero attached hydrogens (tertiary/aromatic N) is 1. The molecule has 0 rings (SSSR count). The van der Waals surface area contributed by atoms with Crippen LogP contribution in [0, 0.1) is 0 Å².